The van der Waals surface area contributed by atoms with Crippen molar-refractivity contribution in [3.63, 3.8) is 0 Å². The van der Waals surface area contributed by atoms with Crippen LogP contribution in [0.5, 0.6) is 0 Å². The summed E-state index contributed by atoms with van der Waals surface area (Å²) < 4.78 is 2.07. The van der Waals surface area contributed by atoms with Gasteiger partial charge in [0.1, 0.15) is 5.82 Å². The van der Waals surface area contributed by atoms with Crippen LogP contribution in [0.25, 0.3) is 5.69 Å². The molecule has 3 aromatic carbocycles. The average Bonchev–Trinajstić information content (AvgIpc) is 3.30. The third-order valence-corrected chi connectivity index (χ3v) is 7.76. The van der Waals surface area contributed by atoms with Crippen molar-refractivity contribution >= 4 is 35.1 Å². The third kappa shape index (κ3) is 5.05. The topological polar surface area (TPSA) is 51.0 Å². The fraction of sp³-hybridized carbons (Fsp3) is 0.222. The zero-order valence-corrected chi connectivity index (χ0v) is 20.7. The lowest BCUT2D eigenvalue weighted by Crippen LogP contribution is -2.36. The van der Waals surface area contributed by atoms with Crippen molar-refractivity contribution in [1.82, 2.24) is 14.8 Å². The van der Waals surface area contributed by atoms with Crippen molar-refractivity contribution in [2.24, 2.45) is 0 Å². The van der Waals surface area contributed by atoms with E-state index in [0.29, 0.717) is 11.5 Å². The first-order valence-corrected chi connectivity index (χ1v) is 13.4. The summed E-state index contributed by atoms with van der Waals surface area (Å²) >= 11 is 3.19. The number of rotatable bonds is 7. The molecule has 2 heterocycles. The molecule has 0 saturated carbocycles. The summed E-state index contributed by atoms with van der Waals surface area (Å²) in [5, 5.41) is 9.71. The monoisotopic (exact) mass is 486 g/mol. The number of fused-ring (bicyclic) bond motifs is 1. The molecule has 1 aliphatic rings. The molecule has 0 spiro atoms. The fourth-order valence-electron chi connectivity index (χ4n) is 4.10. The predicted octanol–water partition coefficient (Wildman–Crippen LogP) is 5.94. The molecule has 1 amide bonds. The van der Waals surface area contributed by atoms with Crippen LogP contribution in [0.3, 0.4) is 0 Å². The number of thioether (sulfide) groups is 2. The quantitative estimate of drug-likeness (QED) is 0.303. The van der Waals surface area contributed by atoms with Crippen LogP contribution in [0.15, 0.2) is 88.9 Å². The smallest absolute Gasteiger partial charge is 0.237 e. The van der Waals surface area contributed by atoms with E-state index in [1.807, 2.05) is 41.3 Å². The van der Waals surface area contributed by atoms with Gasteiger partial charge in [-0.15, -0.1) is 22.0 Å². The second kappa shape index (κ2) is 10.5. The molecule has 1 aromatic heterocycles. The Morgan fingerprint density at radius 2 is 1.68 bits per heavy atom. The molecule has 5 rings (SSSR count). The first-order valence-electron chi connectivity index (χ1n) is 11.4. The molecule has 0 atom stereocenters. The summed E-state index contributed by atoms with van der Waals surface area (Å²) in [6.45, 7) is 2.86. The van der Waals surface area contributed by atoms with Crippen molar-refractivity contribution in [3.05, 3.63) is 95.8 Å². The van der Waals surface area contributed by atoms with Gasteiger partial charge in [0.15, 0.2) is 5.16 Å². The Morgan fingerprint density at radius 1 is 0.912 bits per heavy atom. The number of carbonyl (C=O) groups is 1. The van der Waals surface area contributed by atoms with Crippen molar-refractivity contribution in [1.29, 1.82) is 0 Å². The lowest BCUT2D eigenvalue weighted by atomic mass is 10.0. The van der Waals surface area contributed by atoms with Gasteiger partial charge in [0.25, 0.3) is 0 Å². The van der Waals surface area contributed by atoms with Gasteiger partial charge in [0, 0.05) is 22.8 Å². The molecule has 0 N–H and O–H groups in total. The number of benzene rings is 3. The standard InChI is InChI=1S/C27H26N4OS2/c1-20-13-15-23(16-14-20)33-18-25-28-29-27(31(25)22-10-3-2-4-11-22)34-19-26(32)30-17-7-9-21-8-5-6-12-24(21)30/h2-6,8,10-16H,7,9,17-19H2,1H3. The molecular formula is C27H26N4OS2. The van der Waals surface area contributed by atoms with E-state index in [2.05, 4.69) is 64.2 Å². The van der Waals surface area contributed by atoms with Crippen molar-refractivity contribution in [2.75, 3.05) is 17.2 Å². The van der Waals surface area contributed by atoms with Gasteiger partial charge in [0.2, 0.25) is 5.91 Å². The molecule has 0 saturated heterocycles. The van der Waals surface area contributed by atoms with Gasteiger partial charge in [-0.1, -0.05) is 65.9 Å². The van der Waals surface area contributed by atoms with E-state index in [9.17, 15) is 4.79 Å². The van der Waals surface area contributed by atoms with Crippen LogP contribution in [-0.2, 0) is 17.0 Å². The van der Waals surface area contributed by atoms with E-state index in [1.54, 1.807) is 11.8 Å². The van der Waals surface area contributed by atoms with Gasteiger partial charge < -0.3 is 4.90 Å². The fourth-order valence-corrected chi connectivity index (χ4v) is 5.76. The second-order valence-corrected chi connectivity index (χ2v) is 10.2. The maximum Gasteiger partial charge on any atom is 0.237 e. The molecule has 5 nitrogen and oxygen atoms in total. The van der Waals surface area contributed by atoms with Crippen molar-refractivity contribution in [3.8, 4) is 5.69 Å². The first kappa shape index (κ1) is 22.7. The van der Waals surface area contributed by atoms with Gasteiger partial charge in [-0.3, -0.25) is 9.36 Å². The lowest BCUT2D eigenvalue weighted by molar-refractivity contribution is -0.116. The number of carbonyl (C=O) groups excluding carboxylic acids is 1. The van der Waals surface area contributed by atoms with Crippen LogP contribution in [0.4, 0.5) is 5.69 Å². The van der Waals surface area contributed by atoms with Crippen LogP contribution < -0.4 is 4.90 Å². The van der Waals surface area contributed by atoms with E-state index >= 15 is 0 Å². The number of hydrogen-bond donors (Lipinski definition) is 0. The van der Waals surface area contributed by atoms with Gasteiger partial charge in [0.05, 0.1) is 11.5 Å². The van der Waals surface area contributed by atoms with E-state index in [1.165, 1.54) is 27.8 Å². The molecule has 0 radical (unpaired) electrons. The maximum absolute atomic E-state index is 13.2. The van der Waals surface area contributed by atoms with Crippen LogP contribution in [-0.4, -0.2) is 33.0 Å². The summed E-state index contributed by atoms with van der Waals surface area (Å²) in [6, 6.07) is 26.8. The van der Waals surface area contributed by atoms with Gasteiger partial charge in [-0.2, -0.15) is 0 Å². The van der Waals surface area contributed by atoms with Crippen molar-refractivity contribution < 1.29 is 4.79 Å². The number of nitrogens with zero attached hydrogens (tertiary/aromatic N) is 4. The molecule has 7 heteroatoms. The largest absolute Gasteiger partial charge is 0.311 e. The highest BCUT2D eigenvalue weighted by molar-refractivity contribution is 7.99. The number of aromatic nitrogens is 3. The van der Waals surface area contributed by atoms with Crippen LogP contribution in [0, 0.1) is 6.92 Å². The molecule has 0 bridgehead atoms. The zero-order chi connectivity index (χ0) is 23.3. The first-order chi connectivity index (χ1) is 16.7. The van der Waals surface area contributed by atoms with Crippen LogP contribution in [0.2, 0.25) is 0 Å². The Hall–Kier alpha value is -3.03. The molecule has 0 aliphatic carbocycles. The Morgan fingerprint density at radius 3 is 2.50 bits per heavy atom. The molecule has 4 aromatic rings. The van der Waals surface area contributed by atoms with Gasteiger partial charge in [-0.25, -0.2) is 0 Å². The Kier molecular flexibility index (Phi) is 7.02. The zero-order valence-electron chi connectivity index (χ0n) is 19.1. The highest BCUT2D eigenvalue weighted by Crippen LogP contribution is 2.30. The van der Waals surface area contributed by atoms with E-state index in [0.717, 1.165) is 41.7 Å². The predicted molar refractivity (Wildman–Crippen MR) is 140 cm³/mol. The Bertz CT molecular complexity index is 1270. The van der Waals surface area contributed by atoms with E-state index < -0.39 is 0 Å². The molecule has 172 valence electrons. The summed E-state index contributed by atoms with van der Waals surface area (Å²) in [5.74, 6) is 1.99. The molecule has 0 fully saturated rings. The molecular weight excluding hydrogens is 460 g/mol. The Labute approximate surface area is 208 Å². The summed E-state index contributed by atoms with van der Waals surface area (Å²) in [6.07, 6.45) is 2.02. The number of para-hydroxylation sites is 2. The minimum Gasteiger partial charge on any atom is -0.311 e. The maximum atomic E-state index is 13.2. The minimum absolute atomic E-state index is 0.107. The van der Waals surface area contributed by atoms with Gasteiger partial charge >= 0.3 is 0 Å². The number of hydrogen-bond acceptors (Lipinski definition) is 5. The van der Waals surface area contributed by atoms with E-state index in [4.69, 9.17) is 0 Å². The lowest BCUT2D eigenvalue weighted by Gasteiger charge is -2.29. The molecule has 0 unspecified atom stereocenters. The highest BCUT2D eigenvalue weighted by atomic mass is 32.2. The highest BCUT2D eigenvalue weighted by Gasteiger charge is 2.23. The second-order valence-electron chi connectivity index (χ2n) is 8.24. The van der Waals surface area contributed by atoms with Crippen LogP contribution in [0.1, 0.15) is 23.4 Å². The number of anilines is 1. The SMILES string of the molecule is Cc1ccc(SCc2nnc(SCC(=O)N3CCCc4ccccc43)n2-c2ccccc2)cc1. The average molecular weight is 487 g/mol. The number of amides is 1. The minimum atomic E-state index is 0.107. The van der Waals surface area contributed by atoms with E-state index in [-0.39, 0.29) is 5.91 Å². The molecule has 1 aliphatic heterocycles. The Balaban J connectivity index is 1.34. The van der Waals surface area contributed by atoms with Crippen LogP contribution >= 0.6 is 23.5 Å². The molecule has 34 heavy (non-hydrogen) atoms. The third-order valence-electron chi connectivity index (χ3n) is 5.84. The summed E-state index contributed by atoms with van der Waals surface area (Å²) in [5.41, 5.74) is 4.54. The summed E-state index contributed by atoms with van der Waals surface area (Å²) in [7, 11) is 0. The normalized spacial score (nSPS) is 13.0. The van der Waals surface area contributed by atoms with Gasteiger partial charge in [-0.05, 0) is 55.7 Å². The number of aryl methyl sites for hydroxylation is 2. The summed E-state index contributed by atoms with van der Waals surface area (Å²) in [4.78, 5) is 16.3. The van der Waals surface area contributed by atoms with Crippen molar-refractivity contribution in [2.45, 2.75) is 35.6 Å².